The van der Waals surface area contributed by atoms with Gasteiger partial charge in [-0.3, -0.25) is 13.9 Å². The topological polar surface area (TPSA) is 86.8 Å². The molecule has 7 nitrogen and oxygen atoms in total. The summed E-state index contributed by atoms with van der Waals surface area (Å²) < 4.78 is 27.4. The summed E-state index contributed by atoms with van der Waals surface area (Å²) >= 11 is 15.9. The third-order valence-electron chi connectivity index (χ3n) is 6.34. The minimum atomic E-state index is -3.72. The highest BCUT2D eigenvalue weighted by Crippen LogP contribution is 2.31. The Morgan fingerprint density at radius 1 is 0.952 bits per heavy atom. The summed E-state index contributed by atoms with van der Waals surface area (Å²) in [6, 6.07) is 20.9. The van der Waals surface area contributed by atoms with Gasteiger partial charge >= 0.3 is 0 Å². The zero-order valence-corrected chi connectivity index (χ0v) is 28.0. The van der Waals surface area contributed by atoms with Gasteiger partial charge in [-0.25, -0.2) is 8.42 Å². The van der Waals surface area contributed by atoms with Gasteiger partial charge in [-0.1, -0.05) is 81.6 Å². The van der Waals surface area contributed by atoms with E-state index >= 15 is 0 Å². The van der Waals surface area contributed by atoms with Crippen LogP contribution in [0.25, 0.3) is 0 Å². The van der Waals surface area contributed by atoms with Gasteiger partial charge < -0.3 is 10.2 Å². The second-order valence-electron chi connectivity index (χ2n) is 11.1. The molecule has 1 atom stereocenters. The smallest absolute Gasteiger partial charge is 0.243 e. The van der Waals surface area contributed by atoms with Crippen LogP contribution in [0.3, 0.4) is 0 Å². The molecule has 3 aromatic rings. The van der Waals surface area contributed by atoms with E-state index < -0.39 is 21.6 Å². The molecule has 42 heavy (non-hydrogen) atoms. The summed E-state index contributed by atoms with van der Waals surface area (Å²) in [4.78, 5) is 29.2. The maximum absolute atomic E-state index is 13.9. The number of nitrogens with zero attached hydrogens (tertiary/aromatic N) is 2. The zero-order chi connectivity index (χ0) is 31.1. The number of carbonyl (C=O) groups excluding carboxylic acids is 2. The summed E-state index contributed by atoms with van der Waals surface area (Å²) in [5, 5.41) is 3.61. The van der Waals surface area contributed by atoms with E-state index in [1.807, 2.05) is 75.4 Å². The molecule has 2 amide bonds. The van der Waals surface area contributed by atoms with Gasteiger partial charge in [-0.05, 0) is 68.7 Å². The molecule has 0 bridgehead atoms. The van der Waals surface area contributed by atoms with Crippen molar-refractivity contribution in [3.05, 3.63) is 98.4 Å². The molecule has 0 radical (unpaired) electrons. The molecule has 0 heterocycles. The number of rotatable bonds is 12. The van der Waals surface area contributed by atoms with Crippen LogP contribution in [0.2, 0.25) is 10.0 Å². The lowest BCUT2D eigenvalue weighted by Gasteiger charge is -2.34. The Kier molecular flexibility index (Phi) is 11.9. The summed E-state index contributed by atoms with van der Waals surface area (Å²) in [5.74, 6) is -0.538. The number of sulfonamides is 1. The largest absolute Gasteiger partial charge is 0.350 e. The van der Waals surface area contributed by atoms with Crippen LogP contribution in [0, 0.1) is 0 Å². The first kappa shape index (κ1) is 33.9. The molecule has 3 rings (SSSR count). The maximum atomic E-state index is 13.9. The van der Waals surface area contributed by atoms with E-state index in [1.165, 1.54) is 12.1 Å². The van der Waals surface area contributed by atoms with Crippen molar-refractivity contribution in [2.45, 2.75) is 58.2 Å². The molecule has 226 valence electrons. The van der Waals surface area contributed by atoms with Gasteiger partial charge in [-0.2, -0.15) is 0 Å². The first-order valence-electron chi connectivity index (χ1n) is 13.5. The first-order valence-corrected chi connectivity index (χ1v) is 16.9. The molecule has 0 fully saturated rings. The average molecular weight is 698 g/mol. The van der Waals surface area contributed by atoms with Crippen molar-refractivity contribution in [1.82, 2.24) is 10.2 Å². The fourth-order valence-electron chi connectivity index (χ4n) is 4.50. The van der Waals surface area contributed by atoms with E-state index in [2.05, 4.69) is 21.2 Å². The lowest BCUT2D eigenvalue weighted by Crippen LogP contribution is -2.54. The fraction of sp³-hybridized carbons (Fsp3) is 0.355. The summed E-state index contributed by atoms with van der Waals surface area (Å²) in [6.07, 6.45) is 1.60. The Hall–Kier alpha value is -2.59. The van der Waals surface area contributed by atoms with Crippen molar-refractivity contribution in [3.8, 4) is 0 Å². The first-order chi connectivity index (χ1) is 19.6. The van der Waals surface area contributed by atoms with Crippen molar-refractivity contribution >= 4 is 66.7 Å². The van der Waals surface area contributed by atoms with Crippen molar-refractivity contribution in [3.63, 3.8) is 0 Å². The highest BCUT2D eigenvalue weighted by atomic mass is 79.9. The normalized spacial score (nSPS) is 12.5. The standard InChI is InChI=1S/C31H36BrCl2N3O4S/c1-31(2,3)35-30(39)28(19-22-10-6-5-7-11-22)36(21-23-12-8-13-24(32)18-23)29(38)14-9-17-37(42(4,40)41)27-20-25(33)15-16-26(27)34/h5-8,10-13,15-16,18,20,28H,9,14,17,19,21H2,1-4H3,(H,35,39)/t28-/m1/s1. The van der Waals surface area contributed by atoms with Gasteiger partial charge in [0.25, 0.3) is 0 Å². The minimum absolute atomic E-state index is 0.00625. The van der Waals surface area contributed by atoms with Gasteiger partial charge in [0.05, 0.1) is 17.0 Å². The maximum Gasteiger partial charge on any atom is 0.243 e. The average Bonchev–Trinajstić information content (AvgIpc) is 2.89. The molecular formula is C31H36BrCl2N3O4S. The molecule has 0 aliphatic carbocycles. The van der Waals surface area contributed by atoms with Crippen molar-refractivity contribution in [1.29, 1.82) is 0 Å². The van der Waals surface area contributed by atoms with Crippen LogP contribution in [0.4, 0.5) is 5.69 Å². The highest BCUT2D eigenvalue weighted by molar-refractivity contribution is 9.10. The predicted molar refractivity (Wildman–Crippen MR) is 174 cm³/mol. The number of amides is 2. The Morgan fingerprint density at radius 2 is 1.62 bits per heavy atom. The Labute approximate surface area is 267 Å². The SMILES string of the molecule is CC(C)(C)NC(=O)[C@@H](Cc1ccccc1)N(Cc1cccc(Br)c1)C(=O)CCCN(c1cc(Cl)ccc1Cl)S(C)(=O)=O. The van der Waals surface area contributed by atoms with Crippen LogP contribution >= 0.6 is 39.1 Å². The molecular weight excluding hydrogens is 661 g/mol. The van der Waals surface area contributed by atoms with E-state index in [0.29, 0.717) is 11.4 Å². The fourth-order valence-corrected chi connectivity index (χ4v) is 6.35. The number of halogens is 3. The van der Waals surface area contributed by atoms with E-state index in [4.69, 9.17) is 23.2 Å². The van der Waals surface area contributed by atoms with Gasteiger partial charge in [0.1, 0.15) is 6.04 Å². The van der Waals surface area contributed by atoms with Crippen LogP contribution in [-0.4, -0.2) is 49.5 Å². The third kappa shape index (κ3) is 10.3. The lowest BCUT2D eigenvalue weighted by atomic mass is 10.00. The highest BCUT2D eigenvalue weighted by Gasteiger charge is 2.32. The Bertz CT molecular complexity index is 1500. The zero-order valence-electron chi connectivity index (χ0n) is 24.1. The Balaban J connectivity index is 1.92. The molecule has 0 aliphatic rings. The molecule has 0 spiro atoms. The number of anilines is 1. The van der Waals surface area contributed by atoms with E-state index in [0.717, 1.165) is 26.2 Å². The number of carbonyl (C=O) groups is 2. The van der Waals surface area contributed by atoms with Gasteiger partial charge in [-0.15, -0.1) is 0 Å². The quantitative estimate of drug-likeness (QED) is 0.224. The van der Waals surface area contributed by atoms with Crippen LogP contribution in [0.1, 0.15) is 44.7 Å². The van der Waals surface area contributed by atoms with E-state index in [-0.39, 0.29) is 48.5 Å². The van der Waals surface area contributed by atoms with Gasteiger partial charge in [0, 0.05) is 41.0 Å². The second kappa shape index (κ2) is 14.7. The molecule has 0 aliphatic heterocycles. The van der Waals surface area contributed by atoms with E-state index in [9.17, 15) is 18.0 Å². The van der Waals surface area contributed by atoms with Crippen LogP contribution in [0.5, 0.6) is 0 Å². The summed E-state index contributed by atoms with van der Waals surface area (Å²) in [5.41, 5.74) is 1.50. The minimum Gasteiger partial charge on any atom is -0.350 e. The monoisotopic (exact) mass is 695 g/mol. The van der Waals surface area contributed by atoms with Crippen molar-refractivity contribution in [2.75, 3.05) is 17.1 Å². The molecule has 11 heteroatoms. The molecule has 0 saturated heterocycles. The summed E-state index contributed by atoms with van der Waals surface area (Å²) in [6.45, 7) is 5.89. The third-order valence-corrected chi connectivity index (χ3v) is 8.57. The Morgan fingerprint density at radius 3 is 2.24 bits per heavy atom. The van der Waals surface area contributed by atoms with Crippen LogP contribution in [0.15, 0.2) is 77.3 Å². The predicted octanol–water partition coefficient (Wildman–Crippen LogP) is 6.86. The molecule has 3 aromatic carbocycles. The number of nitrogens with one attached hydrogen (secondary N) is 1. The second-order valence-corrected chi connectivity index (χ2v) is 14.8. The number of hydrogen-bond acceptors (Lipinski definition) is 4. The van der Waals surface area contributed by atoms with Crippen molar-refractivity contribution < 1.29 is 18.0 Å². The number of benzene rings is 3. The van der Waals surface area contributed by atoms with Crippen LogP contribution in [-0.2, 0) is 32.6 Å². The van der Waals surface area contributed by atoms with Gasteiger partial charge in [0.15, 0.2) is 0 Å². The van der Waals surface area contributed by atoms with Crippen molar-refractivity contribution in [2.24, 2.45) is 0 Å². The van der Waals surface area contributed by atoms with Gasteiger partial charge in [0.2, 0.25) is 21.8 Å². The van der Waals surface area contributed by atoms with E-state index in [1.54, 1.807) is 11.0 Å². The number of hydrogen-bond donors (Lipinski definition) is 1. The molecule has 0 saturated carbocycles. The van der Waals surface area contributed by atoms with Crippen LogP contribution < -0.4 is 9.62 Å². The molecule has 0 unspecified atom stereocenters. The molecule has 0 aromatic heterocycles. The lowest BCUT2D eigenvalue weighted by molar-refractivity contribution is -0.142. The molecule has 1 N–H and O–H groups in total. The summed E-state index contributed by atoms with van der Waals surface area (Å²) in [7, 11) is -3.72.